The van der Waals surface area contributed by atoms with Crippen molar-refractivity contribution in [2.75, 3.05) is 19.6 Å². The molecule has 0 radical (unpaired) electrons. The maximum atomic E-state index is 12.5. The number of ether oxygens (including phenoxy) is 3. The molecule has 0 bridgehead atoms. The van der Waals surface area contributed by atoms with Crippen molar-refractivity contribution in [2.24, 2.45) is 5.73 Å². The zero-order valence-electron chi connectivity index (χ0n) is 19.6. The van der Waals surface area contributed by atoms with Crippen molar-refractivity contribution in [2.45, 2.75) is 44.6 Å². The number of nitrogens with one attached hydrogen (secondary N) is 1. The van der Waals surface area contributed by atoms with Crippen LogP contribution in [0.2, 0.25) is 0 Å². The average molecular weight is 485 g/mol. The molecule has 2 aromatic carbocycles. The molecule has 35 heavy (non-hydrogen) atoms. The standard InChI is InChI=1S/C24H28N4O7/c1-24(2)10-16-8-18(28(31)32)20(9-19(16)35-24)34-21-12-27(13-22(25)29)11-17(21)26-23(30)33-14-15-6-4-3-5-7-15/h3-9,17,21H,10-14H2,1-2H3,(H2,25,29)(H,26,30)/t17-,21-/m1/s1. The monoisotopic (exact) mass is 484 g/mol. The number of carbonyl (C=O) groups excluding carboxylic acids is 2. The van der Waals surface area contributed by atoms with Crippen molar-refractivity contribution in [3.05, 3.63) is 63.7 Å². The minimum absolute atomic E-state index is 0.0295. The lowest BCUT2D eigenvalue weighted by Crippen LogP contribution is -2.45. The van der Waals surface area contributed by atoms with E-state index in [9.17, 15) is 19.7 Å². The van der Waals surface area contributed by atoms with Gasteiger partial charge in [0.25, 0.3) is 0 Å². The Morgan fingerprint density at radius 3 is 2.69 bits per heavy atom. The second kappa shape index (κ2) is 9.79. The summed E-state index contributed by atoms with van der Waals surface area (Å²) in [5.41, 5.74) is 6.23. The van der Waals surface area contributed by atoms with Crippen LogP contribution in [0.15, 0.2) is 42.5 Å². The number of nitrogens with zero attached hydrogens (tertiary/aromatic N) is 2. The predicted molar refractivity (Wildman–Crippen MR) is 125 cm³/mol. The SMILES string of the molecule is CC1(C)Cc2cc([N+](=O)[O-])c(O[C@@H]3CN(CC(N)=O)C[C@H]3NC(=O)OCc3ccccc3)cc2O1. The Morgan fingerprint density at radius 2 is 2.00 bits per heavy atom. The number of nitro benzene ring substituents is 1. The first kappa shape index (κ1) is 24.3. The molecule has 2 aromatic rings. The van der Waals surface area contributed by atoms with Crippen molar-refractivity contribution >= 4 is 17.7 Å². The molecular weight excluding hydrogens is 456 g/mol. The van der Waals surface area contributed by atoms with Gasteiger partial charge in [-0.05, 0) is 19.4 Å². The number of carbonyl (C=O) groups is 2. The lowest BCUT2D eigenvalue weighted by atomic mass is 10.0. The maximum absolute atomic E-state index is 12.5. The second-order valence-electron chi connectivity index (χ2n) is 9.35. The van der Waals surface area contributed by atoms with E-state index in [-0.39, 0.29) is 37.7 Å². The Balaban J connectivity index is 1.50. The van der Waals surface area contributed by atoms with E-state index in [1.54, 1.807) is 4.90 Å². The number of benzene rings is 2. The van der Waals surface area contributed by atoms with Gasteiger partial charge < -0.3 is 25.3 Å². The second-order valence-corrected chi connectivity index (χ2v) is 9.35. The number of amides is 2. The minimum atomic E-state index is -0.690. The third-order valence-electron chi connectivity index (χ3n) is 5.86. The highest BCUT2D eigenvalue weighted by molar-refractivity contribution is 5.76. The van der Waals surface area contributed by atoms with Crippen LogP contribution in [0, 0.1) is 10.1 Å². The molecule has 0 unspecified atom stereocenters. The van der Waals surface area contributed by atoms with Crippen LogP contribution in [0.4, 0.5) is 10.5 Å². The van der Waals surface area contributed by atoms with Gasteiger partial charge in [-0.15, -0.1) is 0 Å². The number of primary amides is 1. The van der Waals surface area contributed by atoms with Gasteiger partial charge in [0, 0.05) is 37.2 Å². The summed E-state index contributed by atoms with van der Waals surface area (Å²) in [5.74, 6) is 0.0198. The number of hydrogen-bond donors (Lipinski definition) is 2. The van der Waals surface area contributed by atoms with Gasteiger partial charge in [-0.25, -0.2) is 4.79 Å². The van der Waals surface area contributed by atoms with E-state index in [1.807, 2.05) is 44.2 Å². The van der Waals surface area contributed by atoms with Gasteiger partial charge in [0.1, 0.15) is 24.1 Å². The highest BCUT2D eigenvalue weighted by Gasteiger charge is 2.39. The van der Waals surface area contributed by atoms with Gasteiger partial charge >= 0.3 is 11.8 Å². The number of hydrogen-bond acceptors (Lipinski definition) is 8. The molecule has 2 amide bonds. The Morgan fingerprint density at radius 1 is 1.26 bits per heavy atom. The van der Waals surface area contributed by atoms with E-state index < -0.39 is 34.7 Å². The van der Waals surface area contributed by atoms with E-state index >= 15 is 0 Å². The van der Waals surface area contributed by atoms with Crippen molar-refractivity contribution < 1.29 is 28.7 Å². The number of rotatable bonds is 8. The summed E-state index contributed by atoms with van der Waals surface area (Å²) in [6, 6.07) is 11.6. The summed E-state index contributed by atoms with van der Waals surface area (Å²) >= 11 is 0. The lowest BCUT2D eigenvalue weighted by Gasteiger charge is -2.21. The molecule has 2 heterocycles. The van der Waals surface area contributed by atoms with Crippen molar-refractivity contribution in [1.29, 1.82) is 0 Å². The van der Waals surface area contributed by atoms with Gasteiger partial charge in [0.2, 0.25) is 11.7 Å². The number of nitro groups is 1. The first-order chi connectivity index (χ1) is 16.6. The van der Waals surface area contributed by atoms with Gasteiger partial charge in [0.15, 0.2) is 0 Å². The van der Waals surface area contributed by atoms with Crippen molar-refractivity contribution in [1.82, 2.24) is 10.2 Å². The molecule has 1 saturated heterocycles. The molecule has 2 aliphatic heterocycles. The van der Waals surface area contributed by atoms with Crippen LogP contribution in [-0.4, -0.2) is 59.2 Å². The van der Waals surface area contributed by atoms with Gasteiger partial charge in [-0.1, -0.05) is 30.3 Å². The summed E-state index contributed by atoms with van der Waals surface area (Å²) in [6.07, 6.45) is -0.817. The summed E-state index contributed by atoms with van der Waals surface area (Å²) in [7, 11) is 0. The fourth-order valence-electron chi connectivity index (χ4n) is 4.39. The third kappa shape index (κ3) is 5.99. The molecule has 11 heteroatoms. The molecule has 0 spiro atoms. The first-order valence-electron chi connectivity index (χ1n) is 11.2. The molecule has 2 aliphatic rings. The van der Waals surface area contributed by atoms with Crippen LogP contribution in [0.1, 0.15) is 25.0 Å². The zero-order chi connectivity index (χ0) is 25.2. The van der Waals surface area contributed by atoms with E-state index in [0.29, 0.717) is 12.2 Å². The molecular formula is C24H28N4O7. The summed E-state index contributed by atoms with van der Waals surface area (Å²) in [4.78, 5) is 36.9. The fourth-order valence-corrected chi connectivity index (χ4v) is 4.39. The van der Waals surface area contributed by atoms with Crippen LogP contribution in [0.5, 0.6) is 11.5 Å². The van der Waals surface area contributed by atoms with Crippen LogP contribution >= 0.6 is 0 Å². The Hall–Kier alpha value is -3.86. The maximum Gasteiger partial charge on any atom is 0.407 e. The quantitative estimate of drug-likeness (QED) is 0.428. The Bertz CT molecular complexity index is 1120. The first-order valence-corrected chi connectivity index (χ1v) is 11.2. The largest absolute Gasteiger partial charge is 0.487 e. The van der Waals surface area contributed by atoms with E-state index in [1.165, 1.54) is 12.1 Å². The van der Waals surface area contributed by atoms with Crippen LogP contribution in [0.25, 0.3) is 0 Å². The molecule has 11 nitrogen and oxygen atoms in total. The predicted octanol–water partition coefficient (Wildman–Crippen LogP) is 2.15. The number of fused-ring (bicyclic) bond motifs is 1. The Kier molecular flexibility index (Phi) is 6.79. The summed E-state index contributed by atoms with van der Waals surface area (Å²) in [5, 5.41) is 14.5. The smallest absolute Gasteiger partial charge is 0.407 e. The lowest BCUT2D eigenvalue weighted by molar-refractivity contribution is -0.386. The number of likely N-dealkylation sites (tertiary alicyclic amines) is 1. The number of alkyl carbamates (subject to hydrolysis) is 1. The van der Waals surface area contributed by atoms with Gasteiger partial charge in [0.05, 0.1) is 17.5 Å². The molecule has 2 atom stereocenters. The van der Waals surface area contributed by atoms with Crippen LogP contribution < -0.4 is 20.5 Å². The topological polar surface area (TPSA) is 146 Å². The van der Waals surface area contributed by atoms with Crippen LogP contribution in [0.3, 0.4) is 0 Å². The third-order valence-corrected chi connectivity index (χ3v) is 5.86. The average Bonchev–Trinajstić information content (AvgIpc) is 3.29. The van der Waals surface area contributed by atoms with Crippen molar-refractivity contribution in [3.63, 3.8) is 0 Å². The highest BCUT2D eigenvalue weighted by Crippen LogP contribution is 2.42. The van der Waals surface area contributed by atoms with E-state index in [0.717, 1.165) is 11.1 Å². The molecule has 186 valence electrons. The molecule has 4 rings (SSSR count). The highest BCUT2D eigenvalue weighted by atomic mass is 16.6. The fraction of sp³-hybridized carbons (Fsp3) is 0.417. The van der Waals surface area contributed by atoms with E-state index in [4.69, 9.17) is 19.9 Å². The normalized spacial score (nSPS) is 20.5. The molecule has 0 aromatic heterocycles. The summed E-state index contributed by atoms with van der Waals surface area (Å²) < 4.78 is 17.3. The minimum Gasteiger partial charge on any atom is -0.487 e. The molecule has 1 fully saturated rings. The molecule has 0 saturated carbocycles. The molecule has 3 N–H and O–H groups in total. The molecule has 0 aliphatic carbocycles. The van der Waals surface area contributed by atoms with Gasteiger partial charge in [-0.2, -0.15) is 0 Å². The Labute approximate surface area is 202 Å². The van der Waals surface area contributed by atoms with E-state index in [2.05, 4.69) is 5.32 Å². The number of nitrogens with two attached hydrogens (primary N) is 1. The summed E-state index contributed by atoms with van der Waals surface area (Å²) in [6.45, 7) is 4.33. The van der Waals surface area contributed by atoms with Crippen LogP contribution in [-0.2, 0) is 22.6 Å². The van der Waals surface area contributed by atoms with Gasteiger partial charge in [-0.3, -0.25) is 19.8 Å². The zero-order valence-corrected chi connectivity index (χ0v) is 19.6. The van der Waals surface area contributed by atoms with Crippen molar-refractivity contribution in [3.8, 4) is 11.5 Å².